The summed E-state index contributed by atoms with van der Waals surface area (Å²) >= 11 is 0. The average molecular weight is 370 g/mol. The highest BCUT2D eigenvalue weighted by Gasteiger charge is 2.37. The summed E-state index contributed by atoms with van der Waals surface area (Å²) in [6, 6.07) is 6.34. The molecule has 1 aromatic rings. The third-order valence-corrected chi connectivity index (χ3v) is 5.19. The molecule has 1 amide bonds. The molecule has 9 heteroatoms. The fourth-order valence-electron chi connectivity index (χ4n) is 2.60. The number of methoxy groups -OCH3 is 1. The second kappa shape index (κ2) is 8.30. The van der Waals surface area contributed by atoms with E-state index in [4.69, 9.17) is 9.47 Å². The highest BCUT2D eigenvalue weighted by atomic mass is 32.2. The van der Waals surface area contributed by atoms with E-state index in [1.165, 1.54) is 0 Å². The van der Waals surface area contributed by atoms with Crippen molar-refractivity contribution in [3.05, 3.63) is 29.8 Å². The second-order valence-corrected chi connectivity index (χ2v) is 7.70. The lowest BCUT2D eigenvalue weighted by atomic mass is 10.2. The van der Waals surface area contributed by atoms with Gasteiger partial charge in [-0.05, 0) is 30.5 Å². The third-order valence-electron chi connectivity index (χ3n) is 3.90. The topological polar surface area (TPSA) is 102 Å². The Morgan fingerprint density at radius 1 is 1.28 bits per heavy atom. The van der Waals surface area contributed by atoms with Gasteiger partial charge in [0, 0.05) is 13.1 Å². The lowest BCUT2D eigenvalue weighted by molar-refractivity contribution is -0.151. The van der Waals surface area contributed by atoms with Gasteiger partial charge in [-0.2, -0.15) is 4.31 Å². The van der Waals surface area contributed by atoms with Gasteiger partial charge in [0.15, 0.2) is 6.61 Å². The van der Waals surface area contributed by atoms with Crippen molar-refractivity contribution in [1.82, 2.24) is 9.62 Å². The number of sulfonamides is 1. The van der Waals surface area contributed by atoms with E-state index in [1.54, 1.807) is 19.2 Å². The lowest BCUT2D eigenvalue weighted by Crippen LogP contribution is -2.41. The highest BCUT2D eigenvalue weighted by molar-refractivity contribution is 7.88. The summed E-state index contributed by atoms with van der Waals surface area (Å²) < 4.78 is 34.4. The third kappa shape index (κ3) is 5.43. The number of amides is 1. The van der Waals surface area contributed by atoms with Gasteiger partial charge in [-0.1, -0.05) is 12.1 Å². The van der Waals surface area contributed by atoms with Crippen LogP contribution in [0.4, 0.5) is 0 Å². The molecule has 0 saturated carbocycles. The summed E-state index contributed by atoms with van der Waals surface area (Å²) in [6.07, 6.45) is 2.05. The van der Waals surface area contributed by atoms with E-state index < -0.39 is 34.5 Å². The molecular formula is C16H22N2O6S. The Hall–Kier alpha value is -2.13. The number of rotatable bonds is 7. The van der Waals surface area contributed by atoms with Crippen molar-refractivity contribution in [3.63, 3.8) is 0 Å². The van der Waals surface area contributed by atoms with Gasteiger partial charge in [0.25, 0.3) is 5.91 Å². The van der Waals surface area contributed by atoms with Gasteiger partial charge in [-0.3, -0.25) is 9.59 Å². The first-order valence-corrected chi connectivity index (χ1v) is 9.69. The Morgan fingerprint density at radius 2 is 1.96 bits per heavy atom. The molecule has 1 aliphatic heterocycles. The maximum atomic E-state index is 12.0. The Bertz CT molecular complexity index is 717. The number of esters is 1. The zero-order valence-electron chi connectivity index (χ0n) is 14.2. The molecule has 1 saturated heterocycles. The minimum atomic E-state index is -3.47. The van der Waals surface area contributed by atoms with Gasteiger partial charge in [-0.15, -0.1) is 0 Å². The molecule has 25 heavy (non-hydrogen) atoms. The molecule has 0 bridgehead atoms. The normalized spacial score (nSPS) is 17.9. The first-order chi connectivity index (χ1) is 11.8. The number of nitrogens with zero attached hydrogens (tertiary/aromatic N) is 1. The summed E-state index contributed by atoms with van der Waals surface area (Å²) in [7, 11) is -1.90. The Labute approximate surface area is 147 Å². The summed E-state index contributed by atoms with van der Waals surface area (Å²) in [4.78, 5) is 23.8. The van der Waals surface area contributed by atoms with E-state index >= 15 is 0 Å². The van der Waals surface area contributed by atoms with E-state index in [2.05, 4.69) is 5.32 Å². The van der Waals surface area contributed by atoms with Crippen LogP contribution in [0, 0.1) is 0 Å². The van der Waals surface area contributed by atoms with Crippen LogP contribution in [0.25, 0.3) is 0 Å². The Morgan fingerprint density at radius 3 is 2.56 bits per heavy atom. The van der Waals surface area contributed by atoms with E-state index in [9.17, 15) is 18.0 Å². The van der Waals surface area contributed by atoms with E-state index in [0.29, 0.717) is 25.9 Å². The predicted octanol–water partition coefficient (Wildman–Crippen LogP) is 0.279. The van der Waals surface area contributed by atoms with E-state index in [-0.39, 0.29) is 0 Å². The van der Waals surface area contributed by atoms with Crippen molar-refractivity contribution in [2.45, 2.75) is 25.4 Å². The van der Waals surface area contributed by atoms with E-state index in [0.717, 1.165) is 21.9 Å². The molecule has 1 fully saturated rings. The lowest BCUT2D eigenvalue weighted by Gasteiger charge is -2.20. The second-order valence-electron chi connectivity index (χ2n) is 5.76. The van der Waals surface area contributed by atoms with Crippen molar-refractivity contribution >= 4 is 21.9 Å². The smallest absolute Gasteiger partial charge is 0.324 e. The van der Waals surface area contributed by atoms with Crippen molar-refractivity contribution < 1.29 is 27.5 Å². The summed E-state index contributed by atoms with van der Waals surface area (Å²) in [5.41, 5.74) is 0.875. The van der Waals surface area contributed by atoms with Crippen LogP contribution in [0.1, 0.15) is 18.4 Å². The zero-order chi connectivity index (χ0) is 18.4. The minimum Gasteiger partial charge on any atom is -0.497 e. The summed E-state index contributed by atoms with van der Waals surface area (Å²) in [6.45, 7) is 0.143. The van der Waals surface area contributed by atoms with Gasteiger partial charge in [0.05, 0.1) is 13.4 Å². The van der Waals surface area contributed by atoms with Crippen LogP contribution < -0.4 is 10.1 Å². The number of ether oxygens (including phenoxy) is 2. The molecule has 1 atom stereocenters. The zero-order valence-corrected chi connectivity index (χ0v) is 15.0. The Kier molecular flexibility index (Phi) is 6.38. The first-order valence-electron chi connectivity index (χ1n) is 7.84. The molecule has 1 N–H and O–H groups in total. The monoisotopic (exact) mass is 370 g/mol. The summed E-state index contributed by atoms with van der Waals surface area (Å²) in [5.74, 6) is -0.424. The van der Waals surface area contributed by atoms with Gasteiger partial charge in [0.2, 0.25) is 10.0 Å². The molecular weight excluding hydrogens is 348 g/mol. The fraction of sp³-hybridized carbons (Fsp3) is 0.500. The maximum absolute atomic E-state index is 12.0. The van der Waals surface area contributed by atoms with Crippen molar-refractivity contribution in [2.75, 3.05) is 26.5 Å². The number of carbonyl (C=O) groups is 2. The first kappa shape index (κ1) is 19.2. The molecule has 8 nitrogen and oxygen atoms in total. The van der Waals surface area contributed by atoms with Crippen LogP contribution >= 0.6 is 0 Å². The number of benzene rings is 1. The molecule has 0 radical (unpaired) electrons. The van der Waals surface area contributed by atoms with Gasteiger partial charge < -0.3 is 14.8 Å². The van der Waals surface area contributed by atoms with Crippen LogP contribution in [0.3, 0.4) is 0 Å². The standard InChI is InChI=1S/C16H22N2O6S/c1-23-13-7-5-12(6-8-13)10-17-15(19)11-24-16(20)14-4-3-9-18(14)25(2,21)22/h5-8,14H,3-4,9-11H2,1-2H3,(H,17,19)/t14-/m0/s1. The summed E-state index contributed by atoms with van der Waals surface area (Å²) in [5, 5.41) is 2.63. The molecule has 1 aromatic carbocycles. The van der Waals surface area contributed by atoms with Crippen LogP contribution in [0.5, 0.6) is 5.75 Å². The molecule has 1 heterocycles. The quantitative estimate of drug-likeness (QED) is 0.692. The van der Waals surface area contributed by atoms with Crippen LogP contribution in [-0.2, 0) is 30.9 Å². The molecule has 0 aromatic heterocycles. The minimum absolute atomic E-state index is 0.291. The van der Waals surface area contributed by atoms with Crippen LogP contribution in [0.15, 0.2) is 24.3 Å². The fourth-order valence-corrected chi connectivity index (χ4v) is 3.72. The maximum Gasteiger partial charge on any atom is 0.324 e. The van der Waals surface area contributed by atoms with Crippen LogP contribution in [-0.4, -0.2) is 57.2 Å². The molecule has 0 unspecified atom stereocenters. The number of hydrogen-bond donors (Lipinski definition) is 1. The predicted molar refractivity (Wildman–Crippen MR) is 90.4 cm³/mol. The number of hydrogen-bond acceptors (Lipinski definition) is 6. The molecule has 2 rings (SSSR count). The van der Waals surface area contributed by atoms with Gasteiger partial charge in [0.1, 0.15) is 11.8 Å². The number of nitrogens with one attached hydrogen (secondary N) is 1. The van der Waals surface area contributed by atoms with Crippen molar-refractivity contribution in [1.29, 1.82) is 0 Å². The van der Waals surface area contributed by atoms with Gasteiger partial charge in [-0.25, -0.2) is 8.42 Å². The van der Waals surface area contributed by atoms with Gasteiger partial charge >= 0.3 is 5.97 Å². The highest BCUT2D eigenvalue weighted by Crippen LogP contribution is 2.21. The van der Waals surface area contributed by atoms with Crippen molar-refractivity contribution in [2.24, 2.45) is 0 Å². The molecule has 0 aliphatic carbocycles. The Balaban J connectivity index is 1.78. The molecule has 0 spiro atoms. The molecule has 1 aliphatic rings. The average Bonchev–Trinajstić information content (AvgIpc) is 3.08. The molecule has 138 valence electrons. The van der Waals surface area contributed by atoms with Crippen molar-refractivity contribution in [3.8, 4) is 5.75 Å². The number of carbonyl (C=O) groups excluding carboxylic acids is 2. The van der Waals surface area contributed by atoms with E-state index in [1.807, 2.05) is 12.1 Å². The SMILES string of the molecule is COc1ccc(CNC(=O)COC(=O)[C@@H]2CCCN2S(C)(=O)=O)cc1. The van der Waals surface area contributed by atoms with Crippen LogP contribution in [0.2, 0.25) is 0 Å². The largest absolute Gasteiger partial charge is 0.497 e.